The van der Waals surface area contributed by atoms with Crippen LogP contribution in [0.25, 0.3) is 11.3 Å². The molecule has 0 radical (unpaired) electrons. The summed E-state index contributed by atoms with van der Waals surface area (Å²) in [4.78, 5) is 20.3. The lowest BCUT2D eigenvalue weighted by atomic mass is 10.1. The van der Waals surface area contributed by atoms with E-state index < -0.39 is 0 Å². The Balaban J connectivity index is 1.43. The first-order chi connectivity index (χ1) is 13.2. The molecule has 1 aliphatic heterocycles. The molecule has 27 heavy (non-hydrogen) atoms. The molecule has 0 atom stereocenters. The molecule has 4 rings (SSSR count). The first-order valence-corrected chi connectivity index (χ1v) is 10.2. The van der Waals surface area contributed by atoms with Crippen LogP contribution in [0.5, 0.6) is 0 Å². The Morgan fingerprint density at radius 2 is 2.00 bits per heavy atom. The maximum atomic E-state index is 12.8. The third kappa shape index (κ3) is 4.08. The Hall–Kier alpha value is -2.53. The maximum Gasteiger partial charge on any atom is 0.227 e. The molecular weight excluding hydrogens is 356 g/mol. The lowest BCUT2D eigenvalue weighted by Crippen LogP contribution is -2.32. The Labute approximate surface area is 163 Å². The number of thioether (sulfide) groups is 1. The summed E-state index contributed by atoms with van der Waals surface area (Å²) >= 11 is 1.82. The molecule has 0 aliphatic carbocycles. The number of anilines is 1. The van der Waals surface area contributed by atoms with Crippen molar-refractivity contribution in [1.29, 1.82) is 0 Å². The van der Waals surface area contributed by atoms with Crippen molar-refractivity contribution in [3.8, 4) is 11.3 Å². The second-order valence-electron chi connectivity index (χ2n) is 6.70. The highest BCUT2D eigenvalue weighted by atomic mass is 32.2. The molecule has 1 aromatic heterocycles. The van der Waals surface area contributed by atoms with Gasteiger partial charge in [0, 0.05) is 29.8 Å². The second-order valence-corrected chi connectivity index (χ2v) is 7.84. The number of para-hydroxylation sites is 1. The van der Waals surface area contributed by atoms with Gasteiger partial charge in [0.15, 0.2) is 11.7 Å². The van der Waals surface area contributed by atoms with Crippen molar-refractivity contribution in [2.75, 3.05) is 17.2 Å². The molecule has 0 N–H and O–H groups in total. The van der Waals surface area contributed by atoms with Crippen molar-refractivity contribution in [3.63, 3.8) is 0 Å². The third-order valence-electron chi connectivity index (χ3n) is 4.68. The Morgan fingerprint density at radius 3 is 2.85 bits per heavy atom. The van der Waals surface area contributed by atoms with Crippen LogP contribution in [0.3, 0.4) is 0 Å². The molecule has 0 unspecified atom stereocenters. The molecule has 0 bridgehead atoms. The molecular formula is C22H22N2O2S. The van der Waals surface area contributed by atoms with Crippen LogP contribution >= 0.6 is 11.8 Å². The van der Waals surface area contributed by atoms with E-state index in [-0.39, 0.29) is 5.91 Å². The molecule has 3 aromatic rings. The maximum absolute atomic E-state index is 12.8. The SMILES string of the molecule is Cc1ccc(-c2cnc(CCC(=O)N3CCCSc4ccccc43)o2)cc1. The zero-order valence-electron chi connectivity index (χ0n) is 15.4. The number of fused-ring (bicyclic) bond motifs is 1. The number of carbonyl (C=O) groups excluding carboxylic acids is 1. The van der Waals surface area contributed by atoms with Crippen molar-refractivity contribution in [1.82, 2.24) is 4.98 Å². The van der Waals surface area contributed by atoms with E-state index in [4.69, 9.17) is 4.42 Å². The minimum Gasteiger partial charge on any atom is -0.441 e. The van der Waals surface area contributed by atoms with E-state index in [1.807, 2.05) is 47.0 Å². The van der Waals surface area contributed by atoms with Gasteiger partial charge in [0.05, 0.1) is 11.9 Å². The summed E-state index contributed by atoms with van der Waals surface area (Å²) in [6, 6.07) is 16.3. The number of nitrogens with zero attached hydrogens (tertiary/aromatic N) is 2. The van der Waals surface area contributed by atoms with Crippen LogP contribution in [0.15, 0.2) is 64.0 Å². The normalized spacial score (nSPS) is 13.9. The number of carbonyl (C=O) groups is 1. The molecule has 2 heterocycles. The largest absolute Gasteiger partial charge is 0.441 e. The summed E-state index contributed by atoms with van der Waals surface area (Å²) in [6.07, 6.45) is 3.65. The summed E-state index contributed by atoms with van der Waals surface area (Å²) in [5, 5.41) is 0. The number of benzene rings is 2. The predicted molar refractivity (Wildman–Crippen MR) is 109 cm³/mol. The van der Waals surface area contributed by atoms with Gasteiger partial charge in [0.2, 0.25) is 5.91 Å². The number of aromatic nitrogens is 1. The smallest absolute Gasteiger partial charge is 0.227 e. The van der Waals surface area contributed by atoms with Crippen LogP contribution < -0.4 is 4.90 Å². The minimum atomic E-state index is 0.125. The second kappa shape index (κ2) is 8.01. The number of rotatable bonds is 4. The lowest BCUT2D eigenvalue weighted by Gasteiger charge is -2.22. The van der Waals surface area contributed by atoms with Gasteiger partial charge >= 0.3 is 0 Å². The van der Waals surface area contributed by atoms with Gasteiger partial charge in [0.25, 0.3) is 0 Å². The molecule has 0 spiro atoms. The van der Waals surface area contributed by atoms with Crippen LogP contribution in [-0.2, 0) is 11.2 Å². The van der Waals surface area contributed by atoms with Gasteiger partial charge in [0.1, 0.15) is 0 Å². The molecule has 5 heteroatoms. The Kier molecular flexibility index (Phi) is 5.30. The fourth-order valence-electron chi connectivity index (χ4n) is 3.21. The van der Waals surface area contributed by atoms with Crippen molar-refractivity contribution >= 4 is 23.4 Å². The average Bonchev–Trinajstić information content (AvgIpc) is 3.06. The van der Waals surface area contributed by atoms with Crippen LogP contribution in [0.2, 0.25) is 0 Å². The van der Waals surface area contributed by atoms with Crippen molar-refractivity contribution in [3.05, 3.63) is 66.2 Å². The summed E-state index contributed by atoms with van der Waals surface area (Å²) < 4.78 is 5.86. The fourth-order valence-corrected chi connectivity index (χ4v) is 4.21. The predicted octanol–water partition coefficient (Wildman–Crippen LogP) is 5.11. The lowest BCUT2D eigenvalue weighted by molar-refractivity contribution is -0.118. The van der Waals surface area contributed by atoms with Gasteiger partial charge < -0.3 is 9.32 Å². The first-order valence-electron chi connectivity index (χ1n) is 9.24. The quantitative estimate of drug-likeness (QED) is 0.633. The van der Waals surface area contributed by atoms with Crippen LogP contribution in [0, 0.1) is 6.92 Å². The standard InChI is InChI=1S/C22H22N2O2S/c1-16-7-9-17(10-8-16)19-15-23-21(26-19)11-12-22(25)24-13-4-14-27-20-6-3-2-5-18(20)24/h2-3,5-10,15H,4,11-14H2,1H3. The third-order valence-corrected chi connectivity index (χ3v) is 5.83. The molecule has 2 aromatic carbocycles. The number of hydrogen-bond acceptors (Lipinski definition) is 4. The summed E-state index contributed by atoms with van der Waals surface area (Å²) in [5.41, 5.74) is 3.24. The zero-order chi connectivity index (χ0) is 18.6. The molecule has 4 nitrogen and oxygen atoms in total. The van der Waals surface area contributed by atoms with Crippen LogP contribution in [0.4, 0.5) is 5.69 Å². The molecule has 0 saturated carbocycles. The van der Waals surface area contributed by atoms with Crippen LogP contribution in [-0.4, -0.2) is 23.2 Å². The fraction of sp³-hybridized carbons (Fsp3) is 0.273. The molecule has 0 saturated heterocycles. The monoisotopic (exact) mass is 378 g/mol. The molecule has 0 fully saturated rings. The highest BCUT2D eigenvalue weighted by Gasteiger charge is 2.21. The average molecular weight is 378 g/mol. The topological polar surface area (TPSA) is 46.3 Å². The molecule has 1 aliphatic rings. The van der Waals surface area contributed by atoms with E-state index in [0.29, 0.717) is 18.7 Å². The molecule has 1 amide bonds. The molecule has 138 valence electrons. The van der Waals surface area contributed by atoms with E-state index in [9.17, 15) is 4.79 Å². The van der Waals surface area contributed by atoms with Crippen molar-refractivity contribution in [2.45, 2.75) is 31.1 Å². The van der Waals surface area contributed by atoms with E-state index >= 15 is 0 Å². The van der Waals surface area contributed by atoms with E-state index in [2.05, 4.69) is 30.1 Å². The van der Waals surface area contributed by atoms with Crippen LogP contribution in [0.1, 0.15) is 24.3 Å². The van der Waals surface area contributed by atoms with E-state index in [0.717, 1.165) is 35.7 Å². The minimum absolute atomic E-state index is 0.125. The van der Waals surface area contributed by atoms with Gasteiger partial charge in [-0.2, -0.15) is 0 Å². The summed E-state index contributed by atoms with van der Waals surface area (Å²) in [6.45, 7) is 2.82. The van der Waals surface area contributed by atoms with Gasteiger partial charge in [-0.05, 0) is 31.2 Å². The van der Waals surface area contributed by atoms with Gasteiger partial charge in [-0.3, -0.25) is 4.79 Å². The van der Waals surface area contributed by atoms with E-state index in [1.54, 1.807) is 6.20 Å². The van der Waals surface area contributed by atoms with Gasteiger partial charge in [-0.15, -0.1) is 11.8 Å². The Morgan fingerprint density at radius 1 is 1.19 bits per heavy atom. The summed E-state index contributed by atoms with van der Waals surface area (Å²) in [7, 11) is 0. The first kappa shape index (κ1) is 17.9. The number of oxazole rings is 1. The number of amides is 1. The van der Waals surface area contributed by atoms with Crippen molar-refractivity contribution < 1.29 is 9.21 Å². The summed E-state index contributed by atoms with van der Waals surface area (Å²) in [5.74, 6) is 2.52. The highest BCUT2D eigenvalue weighted by Crippen LogP contribution is 2.34. The highest BCUT2D eigenvalue weighted by molar-refractivity contribution is 7.99. The van der Waals surface area contributed by atoms with Gasteiger partial charge in [-0.1, -0.05) is 42.0 Å². The van der Waals surface area contributed by atoms with Gasteiger partial charge in [-0.25, -0.2) is 4.98 Å². The number of hydrogen-bond donors (Lipinski definition) is 0. The Bertz CT molecular complexity index is 933. The van der Waals surface area contributed by atoms with E-state index in [1.165, 1.54) is 10.5 Å². The number of aryl methyl sites for hydroxylation is 2. The zero-order valence-corrected chi connectivity index (χ0v) is 16.2. The van der Waals surface area contributed by atoms with Crippen molar-refractivity contribution in [2.24, 2.45) is 0 Å².